The van der Waals surface area contributed by atoms with Crippen molar-refractivity contribution in [3.63, 3.8) is 0 Å². The third kappa shape index (κ3) is 4.98. The molecule has 1 N–H and O–H groups in total. The topological polar surface area (TPSA) is 21.3 Å². The molecule has 0 heterocycles. The summed E-state index contributed by atoms with van der Waals surface area (Å²) in [4.78, 5) is 0. The first-order valence-electron chi connectivity index (χ1n) is 6.28. The zero-order chi connectivity index (χ0) is 13.4. The Hall–Kier alpha value is -1.19. The van der Waals surface area contributed by atoms with Crippen LogP contribution in [0.15, 0.2) is 24.3 Å². The van der Waals surface area contributed by atoms with Gasteiger partial charge in [0.2, 0.25) is 0 Å². The van der Waals surface area contributed by atoms with Crippen molar-refractivity contribution in [2.75, 3.05) is 26.8 Å². The molecule has 1 aromatic carbocycles. The van der Waals surface area contributed by atoms with Crippen LogP contribution in [0.3, 0.4) is 0 Å². The van der Waals surface area contributed by atoms with E-state index in [1.165, 1.54) is 11.6 Å². The van der Waals surface area contributed by atoms with Gasteiger partial charge in [0.25, 0.3) is 0 Å². The fraction of sp³-hybridized carbons (Fsp3) is 0.467. The van der Waals surface area contributed by atoms with Crippen molar-refractivity contribution in [2.45, 2.75) is 20.3 Å². The maximum atomic E-state index is 13.1. The summed E-state index contributed by atoms with van der Waals surface area (Å²) in [5, 5.41) is 3.28. The summed E-state index contributed by atoms with van der Waals surface area (Å²) in [7, 11) is 1.70. The van der Waals surface area contributed by atoms with Crippen LogP contribution in [0.1, 0.15) is 24.5 Å². The molecule has 0 radical (unpaired) electrons. The van der Waals surface area contributed by atoms with Crippen molar-refractivity contribution in [3.8, 4) is 0 Å². The molecule has 3 heteroatoms. The molecule has 0 fully saturated rings. The molecule has 1 rings (SSSR count). The Balaban J connectivity index is 2.43. The van der Waals surface area contributed by atoms with Crippen molar-refractivity contribution in [3.05, 3.63) is 41.2 Å². The molecular formula is C15H22FNO. The Morgan fingerprint density at radius 3 is 2.83 bits per heavy atom. The highest BCUT2D eigenvalue weighted by molar-refractivity contribution is 5.64. The van der Waals surface area contributed by atoms with Gasteiger partial charge in [-0.3, -0.25) is 0 Å². The molecule has 2 nitrogen and oxygen atoms in total. The number of hydrogen-bond donors (Lipinski definition) is 1. The van der Waals surface area contributed by atoms with Gasteiger partial charge in [0.05, 0.1) is 6.61 Å². The normalized spacial score (nSPS) is 11.9. The van der Waals surface area contributed by atoms with E-state index < -0.39 is 0 Å². The van der Waals surface area contributed by atoms with Gasteiger partial charge in [-0.05, 0) is 55.6 Å². The summed E-state index contributed by atoms with van der Waals surface area (Å²) in [5.41, 5.74) is 2.97. The summed E-state index contributed by atoms with van der Waals surface area (Å²) in [6.07, 6.45) is 3.14. The number of aryl methyl sites for hydroxylation is 1. The van der Waals surface area contributed by atoms with Gasteiger partial charge in [0.15, 0.2) is 0 Å². The van der Waals surface area contributed by atoms with E-state index in [1.807, 2.05) is 12.1 Å². The van der Waals surface area contributed by atoms with Crippen molar-refractivity contribution >= 4 is 5.57 Å². The Morgan fingerprint density at radius 1 is 1.39 bits per heavy atom. The highest BCUT2D eigenvalue weighted by Crippen LogP contribution is 2.17. The zero-order valence-corrected chi connectivity index (χ0v) is 11.4. The first kappa shape index (κ1) is 14.9. The Bertz CT molecular complexity index is 401. The number of rotatable bonds is 7. The largest absolute Gasteiger partial charge is 0.383 e. The Labute approximate surface area is 109 Å². The second-order valence-electron chi connectivity index (χ2n) is 4.38. The maximum absolute atomic E-state index is 13.1. The van der Waals surface area contributed by atoms with Gasteiger partial charge in [0.1, 0.15) is 5.82 Å². The molecule has 0 spiro atoms. The van der Waals surface area contributed by atoms with Crippen LogP contribution in [-0.4, -0.2) is 26.8 Å². The van der Waals surface area contributed by atoms with Crippen LogP contribution in [0, 0.1) is 12.7 Å². The molecule has 0 aliphatic carbocycles. The van der Waals surface area contributed by atoms with E-state index in [0.29, 0.717) is 5.56 Å². The summed E-state index contributed by atoms with van der Waals surface area (Å²) in [6.45, 7) is 6.39. The molecule has 18 heavy (non-hydrogen) atoms. The van der Waals surface area contributed by atoms with Gasteiger partial charge in [0, 0.05) is 13.7 Å². The minimum atomic E-state index is -0.146. The van der Waals surface area contributed by atoms with E-state index in [4.69, 9.17) is 4.74 Å². The van der Waals surface area contributed by atoms with Gasteiger partial charge in [-0.2, -0.15) is 0 Å². The maximum Gasteiger partial charge on any atom is 0.126 e. The van der Waals surface area contributed by atoms with Gasteiger partial charge < -0.3 is 10.1 Å². The second-order valence-corrected chi connectivity index (χ2v) is 4.38. The highest BCUT2D eigenvalue weighted by atomic mass is 19.1. The smallest absolute Gasteiger partial charge is 0.126 e. The summed E-state index contributed by atoms with van der Waals surface area (Å²) in [5.74, 6) is -0.146. The predicted octanol–water partition coefficient (Wildman–Crippen LogP) is 3.16. The van der Waals surface area contributed by atoms with Gasteiger partial charge >= 0.3 is 0 Å². The van der Waals surface area contributed by atoms with Crippen LogP contribution in [0.4, 0.5) is 4.39 Å². The van der Waals surface area contributed by atoms with Crippen molar-refractivity contribution in [1.82, 2.24) is 5.32 Å². The van der Waals surface area contributed by atoms with Crippen LogP contribution >= 0.6 is 0 Å². The number of nitrogens with one attached hydrogen (secondary N) is 1. The lowest BCUT2D eigenvalue weighted by molar-refractivity contribution is 0.199. The summed E-state index contributed by atoms with van der Waals surface area (Å²) < 4.78 is 18.1. The predicted molar refractivity (Wildman–Crippen MR) is 74.2 cm³/mol. The fourth-order valence-corrected chi connectivity index (χ4v) is 1.70. The van der Waals surface area contributed by atoms with Gasteiger partial charge in [-0.1, -0.05) is 12.1 Å². The Kier molecular flexibility index (Phi) is 6.61. The lowest BCUT2D eigenvalue weighted by Crippen LogP contribution is -2.19. The molecule has 1 aromatic rings. The van der Waals surface area contributed by atoms with E-state index >= 15 is 0 Å². The minimum Gasteiger partial charge on any atom is -0.383 e. The standard InChI is InChI=1S/C15H22FNO/c1-12(5-4-8-17-9-10-18-3)14-6-7-15(16)13(2)11-14/h5-7,11,17H,4,8-10H2,1-3H3. The number of hydrogen-bond acceptors (Lipinski definition) is 2. The van der Waals surface area contributed by atoms with Crippen LogP contribution in [0.25, 0.3) is 5.57 Å². The lowest BCUT2D eigenvalue weighted by atomic mass is 10.0. The molecule has 0 saturated carbocycles. The lowest BCUT2D eigenvalue weighted by Gasteiger charge is -2.05. The first-order valence-corrected chi connectivity index (χ1v) is 6.28. The highest BCUT2D eigenvalue weighted by Gasteiger charge is 2.00. The molecule has 0 aromatic heterocycles. The molecule has 0 saturated heterocycles. The monoisotopic (exact) mass is 251 g/mol. The van der Waals surface area contributed by atoms with E-state index in [2.05, 4.69) is 18.3 Å². The first-order chi connectivity index (χ1) is 8.65. The van der Waals surface area contributed by atoms with E-state index in [9.17, 15) is 4.39 Å². The third-order valence-electron chi connectivity index (χ3n) is 2.87. The molecule has 0 unspecified atom stereocenters. The number of benzene rings is 1. The van der Waals surface area contributed by atoms with E-state index in [-0.39, 0.29) is 5.82 Å². The van der Waals surface area contributed by atoms with Crippen molar-refractivity contribution < 1.29 is 9.13 Å². The van der Waals surface area contributed by atoms with Crippen LogP contribution in [0.5, 0.6) is 0 Å². The van der Waals surface area contributed by atoms with Crippen molar-refractivity contribution in [1.29, 1.82) is 0 Å². The SMILES string of the molecule is COCCNCCC=C(C)c1ccc(F)c(C)c1. The molecule has 0 aliphatic rings. The molecule has 0 amide bonds. The molecule has 0 bridgehead atoms. The van der Waals surface area contributed by atoms with Crippen molar-refractivity contribution in [2.24, 2.45) is 0 Å². The fourth-order valence-electron chi connectivity index (χ4n) is 1.70. The molecule has 0 aliphatic heterocycles. The molecule has 100 valence electrons. The summed E-state index contributed by atoms with van der Waals surface area (Å²) in [6, 6.07) is 5.24. The van der Waals surface area contributed by atoms with E-state index in [0.717, 1.165) is 31.7 Å². The average molecular weight is 251 g/mol. The number of allylic oxidation sites excluding steroid dienone is 1. The van der Waals surface area contributed by atoms with Gasteiger partial charge in [-0.25, -0.2) is 4.39 Å². The van der Waals surface area contributed by atoms with Crippen LogP contribution in [-0.2, 0) is 4.74 Å². The Morgan fingerprint density at radius 2 is 2.17 bits per heavy atom. The average Bonchev–Trinajstić information content (AvgIpc) is 2.36. The minimum absolute atomic E-state index is 0.146. The van der Waals surface area contributed by atoms with Crippen LogP contribution < -0.4 is 5.32 Å². The molecule has 0 atom stereocenters. The van der Waals surface area contributed by atoms with Crippen LogP contribution in [0.2, 0.25) is 0 Å². The zero-order valence-electron chi connectivity index (χ0n) is 11.4. The quantitative estimate of drug-likeness (QED) is 0.752. The third-order valence-corrected chi connectivity index (χ3v) is 2.87. The number of methoxy groups -OCH3 is 1. The molecular weight excluding hydrogens is 229 g/mol. The van der Waals surface area contributed by atoms with E-state index in [1.54, 1.807) is 14.0 Å². The number of ether oxygens (including phenoxy) is 1. The summed E-state index contributed by atoms with van der Waals surface area (Å²) >= 11 is 0. The van der Waals surface area contributed by atoms with Gasteiger partial charge in [-0.15, -0.1) is 0 Å². The number of halogens is 1. The second kappa shape index (κ2) is 8.01.